The lowest BCUT2D eigenvalue weighted by Crippen LogP contribution is -2.23. The summed E-state index contributed by atoms with van der Waals surface area (Å²) in [6.07, 6.45) is 5.44. The Bertz CT molecular complexity index is 1330. The standard InChI is InChI=1S/C23H23N5O3S/c24-11-10-23(8-9-23)14-32(30,31)28-17-5-3-15(4-6-17)19-13-20(27-22(29)16-1-2-16)26-21-18(19)7-12-25-21/h3-7,12-13,16,28H,1-2,8-10,14H2,(H2,25,26,27,29). The zero-order valence-electron chi connectivity index (χ0n) is 17.4. The van der Waals surface area contributed by atoms with E-state index in [0.29, 0.717) is 17.2 Å². The Morgan fingerprint density at radius 2 is 1.97 bits per heavy atom. The van der Waals surface area contributed by atoms with Gasteiger partial charge in [-0.05, 0) is 66.5 Å². The monoisotopic (exact) mass is 449 g/mol. The molecule has 2 aromatic heterocycles. The van der Waals surface area contributed by atoms with Gasteiger partial charge in [0.25, 0.3) is 0 Å². The Morgan fingerprint density at radius 3 is 2.62 bits per heavy atom. The molecule has 2 aliphatic rings. The Hall–Kier alpha value is -3.38. The van der Waals surface area contributed by atoms with Gasteiger partial charge in [-0.2, -0.15) is 5.26 Å². The molecule has 1 aromatic carbocycles. The maximum Gasteiger partial charge on any atom is 0.233 e. The number of benzene rings is 1. The number of nitriles is 1. The van der Waals surface area contributed by atoms with Gasteiger partial charge in [0.05, 0.1) is 11.8 Å². The van der Waals surface area contributed by atoms with E-state index in [1.54, 1.807) is 18.3 Å². The van der Waals surface area contributed by atoms with E-state index in [9.17, 15) is 13.2 Å². The summed E-state index contributed by atoms with van der Waals surface area (Å²) < 4.78 is 27.7. The molecule has 0 spiro atoms. The summed E-state index contributed by atoms with van der Waals surface area (Å²) in [6, 6.07) is 13.0. The number of carbonyl (C=O) groups is 1. The van der Waals surface area contributed by atoms with Gasteiger partial charge in [-0.1, -0.05) is 12.1 Å². The second kappa shape index (κ2) is 7.64. The van der Waals surface area contributed by atoms with Crippen molar-refractivity contribution in [2.45, 2.75) is 32.1 Å². The molecular formula is C23H23N5O3S. The molecule has 2 fully saturated rings. The quantitative estimate of drug-likeness (QED) is 0.479. The number of aromatic nitrogens is 2. The molecule has 3 aromatic rings. The minimum absolute atomic E-state index is 0.0102. The van der Waals surface area contributed by atoms with Crippen molar-refractivity contribution in [2.24, 2.45) is 11.3 Å². The van der Waals surface area contributed by atoms with E-state index in [1.165, 1.54) is 0 Å². The van der Waals surface area contributed by atoms with Gasteiger partial charge in [0, 0.05) is 29.6 Å². The highest BCUT2D eigenvalue weighted by Crippen LogP contribution is 2.49. The molecule has 5 rings (SSSR count). The average Bonchev–Trinajstić information content (AvgIpc) is 3.67. The highest BCUT2D eigenvalue weighted by molar-refractivity contribution is 7.92. The topological polar surface area (TPSA) is 128 Å². The Kier molecular flexibility index (Phi) is 4.90. The molecule has 0 saturated heterocycles. The number of aromatic amines is 1. The zero-order valence-corrected chi connectivity index (χ0v) is 18.2. The second-order valence-electron chi connectivity index (χ2n) is 8.83. The molecule has 0 radical (unpaired) electrons. The van der Waals surface area contributed by atoms with Gasteiger partial charge in [-0.25, -0.2) is 13.4 Å². The van der Waals surface area contributed by atoms with Crippen LogP contribution in [0.5, 0.6) is 0 Å². The number of amides is 1. The van der Waals surface area contributed by atoms with E-state index in [0.717, 1.165) is 42.2 Å². The third kappa shape index (κ3) is 4.32. The fourth-order valence-electron chi connectivity index (χ4n) is 3.97. The van der Waals surface area contributed by atoms with Gasteiger partial charge in [0.2, 0.25) is 15.9 Å². The zero-order chi connectivity index (χ0) is 22.3. The predicted molar refractivity (Wildman–Crippen MR) is 122 cm³/mol. The Morgan fingerprint density at radius 1 is 1.22 bits per heavy atom. The van der Waals surface area contributed by atoms with Crippen molar-refractivity contribution in [3.63, 3.8) is 0 Å². The highest BCUT2D eigenvalue weighted by Gasteiger charge is 2.46. The van der Waals surface area contributed by atoms with Crippen LogP contribution < -0.4 is 10.0 Å². The minimum atomic E-state index is -3.54. The van der Waals surface area contributed by atoms with E-state index in [4.69, 9.17) is 5.26 Å². The Labute approximate surface area is 186 Å². The fraction of sp³-hybridized carbons (Fsp3) is 0.348. The average molecular weight is 450 g/mol. The van der Waals surface area contributed by atoms with Gasteiger partial charge in [-0.15, -0.1) is 0 Å². The second-order valence-corrected chi connectivity index (χ2v) is 10.6. The van der Waals surface area contributed by atoms with E-state index < -0.39 is 15.4 Å². The molecule has 2 heterocycles. The first-order chi connectivity index (χ1) is 15.4. The predicted octanol–water partition coefficient (Wildman–Crippen LogP) is 4.01. The van der Waals surface area contributed by atoms with E-state index >= 15 is 0 Å². The summed E-state index contributed by atoms with van der Waals surface area (Å²) >= 11 is 0. The molecule has 2 saturated carbocycles. The van der Waals surface area contributed by atoms with Crippen LogP contribution in [-0.2, 0) is 14.8 Å². The van der Waals surface area contributed by atoms with Crippen LogP contribution in [0.4, 0.5) is 11.5 Å². The number of hydrogen-bond donors (Lipinski definition) is 3. The molecule has 2 aliphatic carbocycles. The molecule has 1 amide bonds. The van der Waals surface area contributed by atoms with Gasteiger partial charge in [-0.3, -0.25) is 9.52 Å². The first kappa shape index (κ1) is 20.5. The number of nitrogens with zero attached hydrogens (tertiary/aromatic N) is 2. The lowest BCUT2D eigenvalue weighted by Gasteiger charge is -2.14. The van der Waals surface area contributed by atoms with Gasteiger partial charge >= 0.3 is 0 Å². The highest BCUT2D eigenvalue weighted by atomic mass is 32.2. The normalized spacial score (nSPS) is 17.0. The molecule has 9 heteroatoms. The summed E-state index contributed by atoms with van der Waals surface area (Å²) in [5.41, 5.74) is 2.53. The van der Waals surface area contributed by atoms with Crippen molar-refractivity contribution in [1.29, 1.82) is 5.26 Å². The van der Waals surface area contributed by atoms with Crippen molar-refractivity contribution >= 4 is 38.5 Å². The number of nitrogens with one attached hydrogen (secondary N) is 3. The lowest BCUT2D eigenvalue weighted by atomic mass is 10.0. The summed E-state index contributed by atoms with van der Waals surface area (Å²) in [5, 5.41) is 12.7. The largest absolute Gasteiger partial charge is 0.346 e. The van der Waals surface area contributed by atoms with Crippen LogP contribution in [-0.4, -0.2) is 30.0 Å². The number of fused-ring (bicyclic) bond motifs is 1. The molecule has 0 atom stereocenters. The maximum atomic E-state index is 12.6. The number of carbonyl (C=O) groups excluding carboxylic acids is 1. The van der Waals surface area contributed by atoms with Crippen LogP contribution in [0, 0.1) is 22.7 Å². The summed E-state index contributed by atoms with van der Waals surface area (Å²) in [7, 11) is -3.54. The van der Waals surface area contributed by atoms with Crippen LogP contribution >= 0.6 is 0 Å². The number of H-pyrrole nitrogens is 1. The smallest absolute Gasteiger partial charge is 0.233 e. The minimum Gasteiger partial charge on any atom is -0.346 e. The molecule has 0 aliphatic heterocycles. The van der Waals surface area contributed by atoms with Crippen LogP contribution in [0.3, 0.4) is 0 Å². The lowest BCUT2D eigenvalue weighted by molar-refractivity contribution is -0.117. The number of hydrogen-bond acceptors (Lipinski definition) is 5. The summed E-state index contributed by atoms with van der Waals surface area (Å²) in [6.45, 7) is 0. The third-order valence-electron chi connectivity index (χ3n) is 6.10. The van der Waals surface area contributed by atoms with E-state index in [1.807, 2.05) is 24.3 Å². The van der Waals surface area contributed by atoms with Crippen LogP contribution in [0.25, 0.3) is 22.2 Å². The van der Waals surface area contributed by atoms with Crippen molar-refractivity contribution in [2.75, 3.05) is 15.8 Å². The first-order valence-corrected chi connectivity index (χ1v) is 12.3. The van der Waals surface area contributed by atoms with Crippen LogP contribution in [0.1, 0.15) is 32.1 Å². The van der Waals surface area contributed by atoms with Gasteiger partial charge in [0.1, 0.15) is 11.5 Å². The molecule has 32 heavy (non-hydrogen) atoms. The SMILES string of the molecule is N#CCC1(CS(=O)(=O)Nc2ccc(-c3cc(NC(=O)C4CC4)nc4[nH]ccc34)cc2)CC1. The van der Waals surface area contributed by atoms with Crippen molar-refractivity contribution in [3.05, 3.63) is 42.6 Å². The van der Waals surface area contributed by atoms with Crippen LogP contribution in [0.2, 0.25) is 0 Å². The van der Waals surface area contributed by atoms with E-state index in [-0.39, 0.29) is 24.0 Å². The number of pyridine rings is 1. The van der Waals surface area contributed by atoms with Gasteiger partial charge < -0.3 is 10.3 Å². The molecule has 0 unspecified atom stereocenters. The molecule has 8 nitrogen and oxygen atoms in total. The number of anilines is 2. The number of rotatable bonds is 8. The van der Waals surface area contributed by atoms with E-state index in [2.05, 4.69) is 26.1 Å². The van der Waals surface area contributed by atoms with Gasteiger partial charge in [0.15, 0.2) is 0 Å². The molecular weight excluding hydrogens is 426 g/mol. The fourth-order valence-corrected chi connectivity index (χ4v) is 5.73. The molecule has 3 N–H and O–H groups in total. The molecule has 0 bridgehead atoms. The Balaban J connectivity index is 1.37. The van der Waals surface area contributed by atoms with Crippen molar-refractivity contribution in [1.82, 2.24) is 9.97 Å². The third-order valence-corrected chi connectivity index (χ3v) is 7.64. The summed E-state index contributed by atoms with van der Waals surface area (Å²) in [4.78, 5) is 19.8. The van der Waals surface area contributed by atoms with Crippen molar-refractivity contribution < 1.29 is 13.2 Å². The van der Waals surface area contributed by atoms with Crippen molar-refractivity contribution in [3.8, 4) is 17.2 Å². The summed E-state index contributed by atoms with van der Waals surface area (Å²) in [5.74, 6) is 0.524. The first-order valence-electron chi connectivity index (χ1n) is 10.6. The number of sulfonamides is 1. The molecule has 164 valence electrons. The van der Waals surface area contributed by atoms with Crippen LogP contribution in [0.15, 0.2) is 42.6 Å². The maximum absolute atomic E-state index is 12.6.